The van der Waals surface area contributed by atoms with Crippen molar-refractivity contribution in [2.24, 2.45) is 11.8 Å². The minimum absolute atomic E-state index is 0.0571. The zero-order chi connectivity index (χ0) is 13.9. The molecule has 0 amide bonds. The van der Waals surface area contributed by atoms with Gasteiger partial charge in [0.1, 0.15) is 0 Å². The van der Waals surface area contributed by atoms with Gasteiger partial charge in [0.15, 0.2) is 12.4 Å². The summed E-state index contributed by atoms with van der Waals surface area (Å²) in [5.74, 6) is 1.28. The molecule has 2 aromatic rings. The molecule has 0 saturated heterocycles. The number of hydrogen-bond donors (Lipinski definition) is 0. The maximum Gasteiger partial charge on any atom is 0.309 e. The van der Waals surface area contributed by atoms with Gasteiger partial charge in [-0.2, -0.15) is 4.98 Å². The molecule has 0 radical (unpaired) electrons. The molecule has 0 bridgehead atoms. The third-order valence-corrected chi connectivity index (χ3v) is 3.47. The van der Waals surface area contributed by atoms with Crippen LogP contribution in [-0.4, -0.2) is 16.1 Å². The van der Waals surface area contributed by atoms with Crippen LogP contribution in [0.2, 0.25) is 0 Å². The van der Waals surface area contributed by atoms with Crippen LogP contribution in [0.4, 0.5) is 0 Å². The molecule has 20 heavy (non-hydrogen) atoms. The van der Waals surface area contributed by atoms with Crippen LogP contribution >= 0.6 is 0 Å². The molecular formula is C15H16N2O3. The normalized spacial score (nSPS) is 20.6. The van der Waals surface area contributed by atoms with Gasteiger partial charge < -0.3 is 9.26 Å². The Morgan fingerprint density at radius 1 is 1.40 bits per heavy atom. The number of rotatable bonds is 5. The lowest BCUT2D eigenvalue weighted by Gasteiger charge is -1.99. The Hall–Kier alpha value is -2.17. The summed E-state index contributed by atoms with van der Waals surface area (Å²) >= 11 is 0. The quantitative estimate of drug-likeness (QED) is 0.782. The number of nitrogens with zero attached hydrogens (tertiary/aromatic N) is 2. The van der Waals surface area contributed by atoms with Crippen LogP contribution in [0.25, 0.3) is 0 Å². The van der Waals surface area contributed by atoms with E-state index in [1.807, 2.05) is 37.3 Å². The molecule has 1 fully saturated rings. The van der Waals surface area contributed by atoms with Crippen molar-refractivity contribution in [3.8, 4) is 0 Å². The van der Waals surface area contributed by atoms with Gasteiger partial charge >= 0.3 is 5.97 Å². The van der Waals surface area contributed by atoms with Gasteiger partial charge in [-0.25, -0.2) is 0 Å². The van der Waals surface area contributed by atoms with Crippen molar-refractivity contribution in [2.75, 3.05) is 0 Å². The second-order valence-corrected chi connectivity index (χ2v) is 5.19. The molecule has 0 aliphatic heterocycles. The Morgan fingerprint density at radius 3 is 2.85 bits per heavy atom. The van der Waals surface area contributed by atoms with Crippen LogP contribution in [0.1, 0.15) is 30.6 Å². The van der Waals surface area contributed by atoms with E-state index in [1.165, 1.54) is 0 Å². The van der Waals surface area contributed by atoms with Crippen LogP contribution in [0.15, 0.2) is 34.9 Å². The Morgan fingerprint density at radius 2 is 2.15 bits per heavy atom. The van der Waals surface area contributed by atoms with Gasteiger partial charge in [-0.3, -0.25) is 4.79 Å². The minimum atomic E-state index is -0.166. The summed E-state index contributed by atoms with van der Waals surface area (Å²) in [4.78, 5) is 15.8. The minimum Gasteiger partial charge on any atom is -0.455 e. The highest BCUT2D eigenvalue weighted by atomic mass is 16.6. The Bertz CT molecular complexity index is 594. The van der Waals surface area contributed by atoms with E-state index in [1.54, 1.807) is 0 Å². The molecule has 104 valence electrons. The Labute approximate surface area is 116 Å². The van der Waals surface area contributed by atoms with E-state index in [9.17, 15) is 4.79 Å². The third-order valence-electron chi connectivity index (χ3n) is 3.47. The van der Waals surface area contributed by atoms with Crippen molar-refractivity contribution in [2.45, 2.75) is 26.4 Å². The summed E-state index contributed by atoms with van der Waals surface area (Å²) in [5.41, 5.74) is 1.11. The average Bonchev–Trinajstić information content (AvgIpc) is 3.02. The van der Waals surface area contributed by atoms with Gasteiger partial charge in [0.05, 0.1) is 5.92 Å². The molecule has 5 heteroatoms. The largest absolute Gasteiger partial charge is 0.455 e. The summed E-state index contributed by atoms with van der Waals surface area (Å²) in [7, 11) is 0. The van der Waals surface area contributed by atoms with Gasteiger partial charge in [-0.05, 0) is 17.9 Å². The van der Waals surface area contributed by atoms with E-state index in [0.717, 1.165) is 12.0 Å². The monoisotopic (exact) mass is 272 g/mol. The fraction of sp³-hybridized carbons (Fsp3) is 0.400. The maximum atomic E-state index is 11.6. The summed E-state index contributed by atoms with van der Waals surface area (Å²) in [6, 6.07) is 9.91. The molecule has 2 atom stereocenters. The van der Waals surface area contributed by atoms with Gasteiger partial charge in [0.2, 0.25) is 0 Å². The second-order valence-electron chi connectivity index (χ2n) is 5.19. The molecule has 0 spiro atoms. The van der Waals surface area contributed by atoms with Crippen molar-refractivity contribution < 1.29 is 14.1 Å². The van der Waals surface area contributed by atoms with Crippen molar-refractivity contribution in [3.63, 3.8) is 0 Å². The number of ether oxygens (including phenoxy) is 1. The summed E-state index contributed by atoms with van der Waals surface area (Å²) in [6.45, 7) is 2.10. The van der Waals surface area contributed by atoms with Crippen molar-refractivity contribution in [1.82, 2.24) is 10.1 Å². The first-order valence-corrected chi connectivity index (χ1v) is 6.74. The number of carbonyl (C=O) groups is 1. The molecule has 0 unspecified atom stereocenters. The smallest absolute Gasteiger partial charge is 0.309 e. The molecule has 1 heterocycles. The molecule has 1 aliphatic carbocycles. The van der Waals surface area contributed by atoms with Gasteiger partial charge in [0.25, 0.3) is 5.89 Å². The van der Waals surface area contributed by atoms with E-state index in [2.05, 4.69) is 10.1 Å². The molecule has 5 nitrogen and oxygen atoms in total. The molecular weight excluding hydrogens is 256 g/mol. The van der Waals surface area contributed by atoms with Gasteiger partial charge in [-0.1, -0.05) is 42.4 Å². The van der Waals surface area contributed by atoms with Crippen LogP contribution in [0.5, 0.6) is 0 Å². The van der Waals surface area contributed by atoms with Crippen molar-refractivity contribution in [3.05, 3.63) is 47.6 Å². The van der Waals surface area contributed by atoms with E-state index in [4.69, 9.17) is 9.26 Å². The Kier molecular flexibility index (Phi) is 3.50. The summed E-state index contributed by atoms with van der Waals surface area (Å²) < 4.78 is 10.2. The molecule has 1 aliphatic rings. The SMILES string of the molecule is C[C@@H]1C[C@@H]1C(=O)OCc1nc(Cc2ccccc2)no1. The zero-order valence-corrected chi connectivity index (χ0v) is 11.3. The summed E-state index contributed by atoms with van der Waals surface area (Å²) in [6.07, 6.45) is 1.53. The number of hydrogen-bond acceptors (Lipinski definition) is 5. The van der Waals surface area contributed by atoms with Crippen LogP contribution in [0, 0.1) is 11.8 Å². The molecule has 1 aromatic heterocycles. The van der Waals surface area contributed by atoms with Crippen molar-refractivity contribution >= 4 is 5.97 Å². The standard InChI is InChI=1S/C15H16N2O3/c1-10-7-12(10)15(18)19-9-14-16-13(17-20-14)8-11-5-3-2-4-6-11/h2-6,10,12H,7-9H2,1H3/t10-,12+/m1/s1. The van der Waals surface area contributed by atoms with Gasteiger partial charge in [0, 0.05) is 6.42 Å². The first kappa shape index (κ1) is 12.8. The third kappa shape index (κ3) is 3.04. The Balaban J connectivity index is 1.53. The molecule has 3 rings (SSSR count). The van der Waals surface area contributed by atoms with Crippen LogP contribution in [0.3, 0.4) is 0 Å². The van der Waals surface area contributed by atoms with E-state index < -0.39 is 0 Å². The average molecular weight is 272 g/mol. The molecule has 1 saturated carbocycles. The predicted octanol–water partition coefficient (Wildman–Crippen LogP) is 2.36. The van der Waals surface area contributed by atoms with Gasteiger partial charge in [-0.15, -0.1) is 0 Å². The lowest BCUT2D eigenvalue weighted by atomic mass is 10.1. The number of aromatic nitrogens is 2. The highest BCUT2D eigenvalue weighted by Crippen LogP contribution is 2.38. The second kappa shape index (κ2) is 5.45. The lowest BCUT2D eigenvalue weighted by molar-refractivity contribution is -0.147. The fourth-order valence-corrected chi connectivity index (χ4v) is 2.09. The fourth-order valence-electron chi connectivity index (χ4n) is 2.09. The number of benzene rings is 1. The van der Waals surface area contributed by atoms with E-state index >= 15 is 0 Å². The number of esters is 1. The first-order valence-electron chi connectivity index (χ1n) is 6.74. The predicted molar refractivity (Wildman–Crippen MR) is 70.6 cm³/mol. The first-order chi connectivity index (χ1) is 9.72. The highest BCUT2D eigenvalue weighted by Gasteiger charge is 2.40. The topological polar surface area (TPSA) is 65.2 Å². The van der Waals surface area contributed by atoms with Crippen LogP contribution < -0.4 is 0 Å². The van der Waals surface area contributed by atoms with E-state index in [0.29, 0.717) is 24.1 Å². The summed E-state index contributed by atoms with van der Waals surface area (Å²) in [5, 5.41) is 3.89. The van der Waals surface area contributed by atoms with E-state index in [-0.39, 0.29) is 18.5 Å². The molecule has 0 N–H and O–H groups in total. The number of carbonyl (C=O) groups excluding carboxylic acids is 1. The van der Waals surface area contributed by atoms with Crippen molar-refractivity contribution in [1.29, 1.82) is 0 Å². The highest BCUT2D eigenvalue weighted by molar-refractivity contribution is 5.75. The zero-order valence-electron chi connectivity index (χ0n) is 11.3. The maximum absolute atomic E-state index is 11.6. The lowest BCUT2D eigenvalue weighted by Crippen LogP contribution is -2.07. The molecule has 1 aromatic carbocycles. The van der Waals surface area contributed by atoms with Crippen LogP contribution in [-0.2, 0) is 22.6 Å².